The van der Waals surface area contributed by atoms with Crippen molar-refractivity contribution in [3.63, 3.8) is 0 Å². The van der Waals surface area contributed by atoms with Gasteiger partial charge in [0.05, 0.1) is 6.54 Å². The van der Waals surface area contributed by atoms with E-state index in [9.17, 15) is 9.59 Å². The third-order valence-corrected chi connectivity index (χ3v) is 1.78. The Balaban J connectivity index is 4.49. The van der Waals surface area contributed by atoms with E-state index in [4.69, 9.17) is 31.3 Å². The summed E-state index contributed by atoms with van der Waals surface area (Å²) in [6.45, 7) is -0.575. The molecule has 0 spiro atoms. The van der Waals surface area contributed by atoms with Crippen molar-refractivity contribution < 1.29 is 35.1 Å². The third kappa shape index (κ3) is 3.53. The summed E-state index contributed by atoms with van der Waals surface area (Å²) < 4.78 is 0. The summed E-state index contributed by atoms with van der Waals surface area (Å²) in [7, 11) is 0. The average molecular weight is 223 g/mol. The quantitative estimate of drug-likeness (QED) is 0.266. The van der Waals surface area contributed by atoms with E-state index in [1.807, 2.05) is 0 Å². The van der Waals surface area contributed by atoms with Gasteiger partial charge in [-0.15, -0.1) is 0 Å². The van der Waals surface area contributed by atoms with Crippen LogP contribution in [0.5, 0.6) is 0 Å². The fourth-order valence-electron chi connectivity index (χ4n) is 0.831. The number of rotatable bonds is 6. The summed E-state index contributed by atoms with van der Waals surface area (Å²) in [6, 6.07) is 0. The highest BCUT2D eigenvalue weighted by Gasteiger charge is 2.36. The van der Waals surface area contributed by atoms with Gasteiger partial charge >= 0.3 is 5.97 Å². The van der Waals surface area contributed by atoms with Crippen LogP contribution in [0.15, 0.2) is 0 Å². The summed E-state index contributed by atoms with van der Waals surface area (Å²) in [4.78, 5) is 21.0. The predicted molar refractivity (Wildman–Crippen MR) is 45.7 cm³/mol. The first kappa shape index (κ1) is 13.9. The molecule has 0 heterocycles. The number of ketones is 1. The topological polar surface area (TPSA) is 161 Å². The standard InChI is InChI=1S/C7H13NO7/c8-1-2(9)3(10)4(11)5(12)6(13)7(14)15/h3-6,10-13H,1,8H2,(H,14,15)/t3-,4+,5+,6-/m0/s1. The molecule has 8 nitrogen and oxygen atoms in total. The second-order valence-corrected chi connectivity index (χ2v) is 2.88. The molecule has 0 saturated heterocycles. The van der Waals surface area contributed by atoms with Gasteiger partial charge in [-0.3, -0.25) is 4.79 Å². The molecule has 88 valence electrons. The zero-order valence-corrected chi connectivity index (χ0v) is 7.65. The SMILES string of the molecule is NCC(=O)[C@H](O)[C@@H](O)[C@@H](O)[C@H](O)C(=O)O. The summed E-state index contributed by atoms with van der Waals surface area (Å²) in [5.74, 6) is -2.76. The molecule has 0 aliphatic heterocycles. The molecule has 0 bridgehead atoms. The molecule has 15 heavy (non-hydrogen) atoms. The largest absolute Gasteiger partial charge is 0.479 e. The molecule has 0 aliphatic carbocycles. The van der Waals surface area contributed by atoms with Crippen LogP contribution in [0, 0.1) is 0 Å². The second kappa shape index (κ2) is 5.73. The second-order valence-electron chi connectivity index (χ2n) is 2.88. The number of hydrogen-bond acceptors (Lipinski definition) is 7. The lowest BCUT2D eigenvalue weighted by atomic mass is 10.0. The van der Waals surface area contributed by atoms with Crippen LogP contribution >= 0.6 is 0 Å². The molecule has 0 aliphatic rings. The van der Waals surface area contributed by atoms with Crippen LogP contribution in [0.25, 0.3) is 0 Å². The Labute approximate surface area is 84.6 Å². The number of aliphatic hydroxyl groups is 4. The van der Waals surface area contributed by atoms with Crippen molar-refractivity contribution in [3.05, 3.63) is 0 Å². The van der Waals surface area contributed by atoms with Crippen LogP contribution < -0.4 is 5.73 Å². The lowest BCUT2D eigenvalue weighted by Gasteiger charge is -2.23. The van der Waals surface area contributed by atoms with Gasteiger partial charge < -0.3 is 31.3 Å². The first-order valence-corrected chi connectivity index (χ1v) is 4.00. The van der Waals surface area contributed by atoms with E-state index in [2.05, 4.69) is 0 Å². The van der Waals surface area contributed by atoms with Crippen molar-refractivity contribution >= 4 is 11.8 Å². The Morgan fingerprint density at radius 2 is 1.40 bits per heavy atom. The minimum atomic E-state index is -2.29. The molecule has 0 aromatic rings. The minimum absolute atomic E-state index is 0.575. The van der Waals surface area contributed by atoms with E-state index in [1.165, 1.54) is 0 Å². The molecule has 0 amide bonds. The van der Waals surface area contributed by atoms with Gasteiger partial charge in [0.15, 0.2) is 11.9 Å². The molecule has 8 heteroatoms. The van der Waals surface area contributed by atoms with E-state index in [-0.39, 0.29) is 0 Å². The van der Waals surface area contributed by atoms with Gasteiger partial charge in [-0.05, 0) is 0 Å². The molecule has 0 unspecified atom stereocenters. The Bertz CT molecular complexity index is 243. The normalized spacial score (nSPS) is 19.0. The maximum Gasteiger partial charge on any atom is 0.335 e. The Hall–Kier alpha value is -1.06. The molecule has 0 aromatic heterocycles. The van der Waals surface area contributed by atoms with Gasteiger partial charge in [-0.2, -0.15) is 0 Å². The number of hydrogen-bond donors (Lipinski definition) is 6. The van der Waals surface area contributed by atoms with E-state index in [0.717, 1.165) is 0 Å². The highest BCUT2D eigenvalue weighted by atomic mass is 16.4. The van der Waals surface area contributed by atoms with E-state index in [1.54, 1.807) is 0 Å². The molecule has 4 atom stereocenters. The van der Waals surface area contributed by atoms with Crippen LogP contribution in [-0.4, -0.2) is 68.2 Å². The molecular formula is C7H13NO7. The van der Waals surface area contributed by atoms with Crippen molar-refractivity contribution in [2.75, 3.05) is 6.54 Å². The maximum absolute atomic E-state index is 10.8. The average Bonchev–Trinajstić information content (AvgIpc) is 2.23. The molecule has 0 saturated carbocycles. The molecular weight excluding hydrogens is 210 g/mol. The van der Waals surface area contributed by atoms with Crippen LogP contribution in [0.4, 0.5) is 0 Å². The zero-order chi connectivity index (χ0) is 12.2. The molecule has 0 radical (unpaired) electrons. The Kier molecular flexibility index (Phi) is 5.33. The van der Waals surface area contributed by atoms with Crippen molar-refractivity contribution in [3.8, 4) is 0 Å². The van der Waals surface area contributed by atoms with Crippen molar-refractivity contribution in [1.82, 2.24) is 0 Å². The minimum Gasteiger partial charge on any atom is -0.479 e. The molecule has 0 fully saturated rings. The summed E-state index contributed by atoms with van der Waals surface area (Å²) in [5, 5.41) is 44.3. The van der Waals surface area contributed by atoms with Crippen molar-refractivity contribution in [1.29, 1.82) is 0 Å². The maximum atomic E-state index is 10.8. The predicted octanol–water partition coefficient (Wildman–Crippen LogP) is -3.96. The first-order valence-electron chi connectivity index (χ1n) is 4.00. The van der Waals surface area contributed by atoms with Gasteiger partial charge in [0.1, 0.15) is 18.3 Å². The lowest BCUT2D eigenvalue weighted by Crippen LogP contribution is -2.51. The van der Waals surface area contributed by atoms with Crippen molar-refractivity contribution in [2.45, 2.75) is 24.4 Å². The van der Waals surface area contributed by atoms with Crippen LogP contribution in [0.1, 0.15) is 0 Å². The van der Waals surface area contributed by atoms with Gasteiger partial charge in [0, 0.05) is 0 Å². The third-order valence-electron chi connectivity index (χ3n) is 1.78. The smallest absolute Gasteiger partial charge is 0.335 e. The van der Waals surface area contributed by atoms with Gasteiger partial charge in [-0.25, -0.2) is 4.79 Å². The van der Waals surface area contributed by atoms with Gasteiger partial charge in [0.2, 0.25) is 0 Å². The highest BCUT2D eigenvalue weighted by Crippen LogP contribution is 2.06. The highest BCUT2D eigenvalue weighted by molar-refractivity contribution is 5.85. The molecule has 7 N–H and O–H groups in total. The molecule has 0 aromatic carbocycles. The molecule has 0 rings (SSSR count). The Morgan fingerprint density at radius 1 is 1.00 bits per heavy atom. The number of carbonyl (C=O) groups is 2. The first-order chi connectivity index (χ1) is 6.82. The fraction of sp³-hybridized carbons (Fsp3) is 0.714. The number of carboxylic acids is 1. The fourth-order valence-corrected chi connectivity index (χ4v) is 0.831. The Morgan fingerprint density at radius 3 is 1.73 bits per heavy atom. The van der Waals surface area contributed by atoms with Gasteiger partial charge in [-0.1, -0.05) is 0 Å². The summed E-state index contributed by atoms with van der Waals surface area (Å²) in [5.41, 5.74) is 4.87. The van der Waals surface area contributed by atoms with Crippen molar-refractivity contribution in [2.24, 2.45) is 5.73 Å². The van der Waals surface area contributed by atoms with E-state index in [0.29, 0.717) is 0 Å². The van der Waals surface area contributed by atoms with Crippen LogP contribution in [0.3, 0.4) is 0 Å². The number of carbonyl (C=O) groups excluding carboxylic acids is 1. The number of carboxylic acid groups (broad SMARTS) is 1. The van der Waals surface area contributed by atoms with Gasteiger partial charge in [0.25, 0.3) is 0 Å². The summed E-state index contributed by atoms with van der Waals surface area (Å²) >= 11 is 0. The summed E-state index contributed by atoms with van der Waals surface area (Å²) in [6.07, 6.45) is -8.60. The van der Waals surface area contributed by atoms with Crippen LogP contribution in [0.2, 0.25) is 0 Å². The number of Topliss-reactive ketones (excluding diaryl/α,β-unsaturated/α-hetero) is 1. The number of aliphatic carboxylic acids is 1. The number of aliphatic hydroxyl groups excluding tert-OH is 4. The van der Waals surface area contributed by atoms with E-state index >= 15 is 0 Å². The monoisotopic (exact) mass is 223 g/mol. The lowest BCUT2D eigenvalue weighted by molar-refractivity contribution is -0.165. The zero-order valence-electron chi connectivity index (χ0n) is 7.65. The number of nitrogens with two attached hydrogens (primary N) is 1. The van der Waals surface area contributed by atoms with Crippen LogP contribution in [-0.2, 0) is 9.59 Å². The van der Waals surface area contributed by atoms with E-state index < -0.39 is 42.7 Å².